The van der Waals surface area contributed by atoms with Gasteiger partial charge in [-0.25, -0.2) is 14.0 Å². The number of carboxylic acids is 1. The Bertz CT molecular complexity index is 1150. The van der Waals surface area contributed by atoms with Crippen molar-refractivity contribution in [1.82, 2.24) is 5.32 Å². The normalized spacial score (nSPS) is 13.0. The highest BCUT2D eigenvalue weighted by molar-refractivity contribution is 5.99. The molecule has 1 amide bonds. The van der Waals surface area contributed by atoms with Gasteiger partial charge in [-0.2, -0.15) is 0 Å². The van der Waals surface area contributed by atoms with Crippen LogP contribution in [0.2, 0.25) is 0 Å². The molecule has 6 nitrogen and oxygen atoms in total. The molecule has 3 aromatic carbocycles. The summed E-state index contributed by atoms with van der Waals surface area (Å²) in [4.78, 5) is 36.2. The maximum absolute atomic E-state index is 13.8. The van der Waals surface area contributed by atoms with Crippen molar-refractivity contribution in [2.24, 2.45) is 0 Å². The van der Waals surface area contributed by atoms with Gasteiger partial charge in [0.15, 0.2) is 5.78 Å². The average molecular weight is 433 g/mol. The van der Waals surface area contributed by atoms with Crippen LogP contribution < -0.4 is 5.32 Å². The van der Waals surface area contributed by atoms with Crippen molar-refractivity contribution >= 4 is 17.8 Å². The smallest absolute Gasteiger partial charge is 0.407 e. The first kappa shape index (κ1) is 21.2. The number of Topliss-reactive ketones (excluding diaryl/α,β-unsaturated/α-hetero) is 1. The molecule has 1 aliphatic rings. The first-order valence-corrected chi connectivity index (χ1v) is 10.1. The number of carbonyl (C=O) groups excluding carboxylic acids is 2. The largest absolute Gasteiger partial charge is 0.480 e. The van der Waals surface area contributed by atoms with Crippen LogP contribution in [0.5, 0.6) is 0 Å². The molecule has 1 unspecified atom stereocenters. The molecule has 0 spiro atoms. The summed E-state index contributed by atoms with van der Waals surface area (Å²) in [6.07, 6.45) is -1.55. The Balaban J connectivity index is 1.42. The van der Waals surface area contributed by atoms with Crippen LogP contribution in [-0.2, 0) is 9.53 Å². The lowest BCUT2D eigenvalue weighted by Gasteiger charge is -2.17. The van der Waals surface area contributed by atoms with Gasteiger partial charge in [0.1, 0.15) is 18.5 Å². The fraction of sp³-hybridized carbons (Fsp3) is 0.160. The van der Waals surface area contributed by atoms with E-state index in [1.165, 1.54) is 18.2 Å². The molecule has 7 heteroatoms. The summed E-state index contributed by atoms with van der Waals surface area (Å²) in [5, 5.41) is 11.6. The second-order valence-electron chi connectivity index (χ2n) is 7.47. The molecule has 0 aliphatic heterocycles. The number of amides is 1. The summed E-state index contributed by atoms with van der Waals surface area (Å²) in [7, 11) is 0. The number of benzene rings is 3. The van der Waals surface area contributed by atoms with Crippen LogP contribution >= 0.6 is 0 Å². The number of ketones is 1. The van der Waals surface area contributed by atoms with Crippen LogP contribution in [0.1, 0.15) is 33.8 Å². The molecule has 3 aromatic rings. The summed E-state index contributed by atoms with van der Waals surface area (Å²) in [6, 6.07) is 19.4. The highest BCUT2D eigenvalue weighted by atomic mass is 19.1. The lowest BCUT2D eigenvalue weighted by atomic mass is 9.98. The van der Waals surface area contributed by atoms with Gasteiger partial charge in [0.25, 0.3) is 0 Å². The van der Waals surface area contributed by atoms with Gasteiger partial charge in [-0.3, -0.25) is 4.79 Å². The minimum absolute atomic E-state index is 0.00740. The Labute approximate surface area is 183 Å². The van der Waals surface area contributed by atoms with Gasteiger partial charge >= 0.3 is 12.1 Å². The summed E-state index contributed by atoms with van der Waals surface area (Å²) >= 11 is 0. The molecule has 2 N–H and O–H groups in total. The average Bonchev–Trinajstić information content (AvgIpc) is 3.11. The van der Waals surface area contributed by atoms with Crippen LogP contribution in [0.25, 0.3) is 11.1 Å². The van der Waals surface area contributed by atoms with Crippen molar-refractivity contribution in [2.45, 2.75) is 18.4 Å². The van der Waals surface area contributed by atoms with E-state index in [9.17, 15) is 23.9 Å². The minimum Gasteiger partial charge on any atom is -0.480 e. The van der Waals surface area contributed by atoms with Crippen molar-refractivity contribution in [3.8, 4) is 11.1 Å². The molecular weight excluding hydrogens is 413 g/mol. The molecule has 32 heavy (non-hydrogen) atoms. The fourth-order valence-corrected chi connectivity index (χ4v) is 3.97. The van der Waals surface area contributed by atoms with Crippen LogP contribution in [0.3, 0.4) is 0 Å². The van der Waals surface area contributed by atoms with E-state index in [2.05, 4.69) is 5.32 Å². The molecule has 4 rings (SSSR count). The van der Waals surface area contributed by atoms with Gasteiger partial charge in [-0.05, 0) is 34.4 Å². The molecule has 162 valence electrons. The zero-order valence-corrected chi connectivity index (χ0v) is 17.0. The van der Waals surface area contributed by atoms with E-state index in [4.69, 9.17) is 4.74 Å². The van der Waals surface area contributed by atoms with Crippen LogP contribution in [0.4, 0.5) is 9.18 Å². The molecule has 0 aromatic heterocycles. The maximum Gasteiger partial charge on any atom is 0.407 e. The number of rotatable bonds is 7. The first-order chi connectivity index (χ1) is 15.5. The van der Waals surface area contributed by atoms with E-state index in [1.807, 2.05) is 48.5 Å². The predicted octanol–water partition coefficient (Wildman–Crippen LogP) is 4.39. The topological polar surface area (TPSA) is 92.7 Å². The highest BCUT2D eigenvalue weighted by Crippen LogP contribution is 2.44. The first-order valence-electron chi connectivity index (χ1n) is 10.1. The van der Waals surface area contributed by atoms with E-state index >= 15 is 0 Å². The number of hydrogen-bond donors (Lipinski definition) is 2. The van der Waals surface area contributed by atoms with E-state index in [-0.39, 0.29) is 18.1 Å². The molecule has 0 saturated carbocycles. The fourth-order valence-electron chi connectivity index (χ4n) is 3.97. The second kappa shape index (κ2) is 9.01. The molecule has 0 heterocycles. The van der Waals surface area contributed by atoms with E-state index in [1.54, 1.807) is 0 Å². The summed E-state index contributed by atoms with van der Waals surface area (Å²) in [5.41, 5.74) is 3.94. The van der Waals surface area contributed by atoms with Gasteiger partial charge in [0, 0.05) is 12.3 Å². The van der Waals surface area contributed by atoms with Gasteiger partial charge in [-0.1, -0.05) is 60.7 Å². The minimum atomic E-state index is -1.54. The van der Waals surface area contributed by atoms with Crippen molar-refractivity contribution in [3.05, 3.63) is 95.3 Å². The summed E-state index contributed by atoms with van der Waals surface area (Å²) in [5.74, 6) is -3.07. The predicted molar refractivity (Wildman–Crippen MR) is 115 cm³/mol. The number of aliphatic carboxylic acids is 1. The standard InChI is InChI=1S/C25H20FNO5/c26-21-12-6-5-11-19(21)23(28)13-22(24(29)30)27-25(31)32-14-20-17-9-3-1-7-15(17)16-8-2-4-10-18(16)20/h1-12,20,22H,13-14H2,(H,27,31)(H,29,30). The van der Waals surface area contributed by atoms with Gasteiger partial charge in [0.2, 0.25) is 0 Å². The lowest BCUT2D eigenvalue weighted by Crippen LogP contribution is -2.42. The number of fused-ring (bicyclic) bond motifs is 3. The number of nitrogens with one attached hydrogen (secondary N) is 1. The Morgan fingerprint density at radius 1 is 0.906 bits per heavy atom. The second-order valence-corrected chi connectivity index (χ2v) is 7.47. The molecule has 0 radical (unpaired) electrons. The summed E-state index contributed by atoms with van der Waals surface area (Å²) in [6.45, 7) is 0.00740. The van der Waals surface area contributed by atoms with E-state index < -0.39 is 36.1 Å². The zero-order chi connectivity index (χ0) is 22.7. The molecular formula is C25H20FNO5. The Morgan fingerprint density at radius 3 is 2.06 bits per heavy atom. The quantitative estimate of drug-likeness (QED) is 0.539. The highest BCUT2D eigenvalue weighted by Gasteiger charge is 2.30. The Kier molecular flexibility index (Phi) is 5.98. The van der Waals surface area contributed by atoms with Crippen LogP contribution in [0.15, 0.2) is 72.8 Å². The third-order valence-corrected chi connectivity index (χ3v) is 5.50. The van der Waals surface area contributed by atoms with Crippen LogP contribution in [0, 0.1) is 5.82 Å². The molecule has 0 bridgehead atoms. The van der Waals surface area contributed by atoms with Crippen molar-refractivity contribution < 1.29 is 28.6 Å². The maximum atomic E-state index is 13.8. The lowest BCUT2D eigenvalue weighted by molar-refractivity contribution is -0.139. The Morgan fingerprint density at radius 2 is 1.47 bits per heavy atom. The van der Waals surface area contributed by atoms with Crippen LogP contribution in [-0.4, -0.2) is 35.6 Å². The zero-order valence-electron chi connectivity index (χ0n) is 17.0. The number of ether oxygens (including phenoxy) is 1. The Hall–Kier alpha value is -4.00. The number of carbonyl (C=O) groups is 3. The summed E-state index contributed by atoms with van der Waals surface area (Å²) < 4.78 is 19.1. The third kappa shape index (κ3) is 4.23. The number of alkyl carbamates (subject to hydrolysis) is 1. The number of carboxylic acid groups (broad SMARTS) is 1. The monoisotopic (exact) mass is 433 g/mol. The van der Waals surface area contributed by atoms with E-state index in [0.717, 1.165) is 28.3 Å². The molecule has 1 aliphatic carbocycles. The van der Waals surface area contributed by atoms with Crippen molar-refractivity contribution in [2.75, 3.05) is 6.61 Å². The number of hydrogen-bond acceptors (Lipinski definition) is 4. The van der Waals surface area contributed by atoms with Gasteiger partial charge < -0.3 is 15.2 Å². The molecule has 1 atom stereocenters. The molecule has 0 saturated heterocycles. The number of halogens is 1. The van der Waals surface area contributed by atoms with Gasteiger partial charge in [0.05, 0.1) is 5.56 Å². The third-order valence-electron chi connectivity index (χ3n) is 5.50. The SMILES string of the molecule is O=C(NC(CC(=O)c1ccccc1F)C(=O)O)OCC1c2ccccc2-c2ccccc21. The van der Waals surface area contributed by atoms with E-state index in [0.29, 0.717) is 0 Å². The van der Waals surface area contributed by atoms with Crippen molar-refractivity contribution in [1.29, 1.82) is 0 Å². The molecule has 0 fully saturated rings. The van der Waals surface area contributed by atoms with Crippen molar-refractivity contribution in [3.63, 3.8) is 0 Å². The van der Waals surface area contributed by atoms with Gasteiger partial charge in [-0.15, -0.1) is 0 Å².